The van der Waals surface area contributed by atoms with Crippen LogP contribution in [0.2, 0.25) is 0 Å². The van der Waals surface area contributed by atoms with Gasteiger partial charge < -0.3 is 5.32 Å². The van der Waals surface area contributed by atoms with Gasteiger partial charge in [0.25, 0.3) is 0 Å². The Morgan fingerprint density at radius 3 is 2.61 bits per heavy atom. The molecule has 18 heavy (non-hydrogen) atoms. The fourth-order valence-corrected chi connectivity index (χ4v) is 3.48. The number of hydrogen-bond acceptors (Lipinski definition) is 6. The summed E-state index contributed by atoms with van der Waals surface area (Å²) in [6.07, 6.45) is 0. The van der Waals surface area contributed by atoms with Crippen molar-refractivity contribution < 1.29 is 0 Å². The predicted molar refractivity (Wildman–Crippen MR) is 76.1 cm³/mol. The molecule has 3 heterocycles. The van der Waals surface area contributed by atoms with Crippen LogP contribution >= 0.6 is 22.7 Å². The van der Waals surface area contributed by atoms with E-state index in [0.29, 0.717) is 0 Å². The first-order valence-corrected chi connectivity index (χ1v) is 7.87. The fourth-order valence-electron chi connectivity index (χ4n) is 2.04. The van der Waals surface area contributed by atoms with Crippen molar-refractivity contribution in [2.75, 3.05) is 26.2 Å². The van der Waals surface area contributed by atoms with E-state index in [1.807, 2.05) is 6.92 Å². The van der Waals surface area contributed by atoms with Crippen molar-refractivity contribution in [2.45, 2.75) is 13.5 Å². The van der Waals surface area contributed by atoms with Crippen molar-refractivity contribution in [1.82, 2.24) is 20.2 Å². The quantitative estimate of drug-likeness (QED) is 0.933. The standard InChI is InChI=1S/C12H16N4S2/c1-9-14-10(7-17-9)11-8-18-12(15-11)6-16-4-2-13-3-5-16/h7-8,13H,2-6H2,1H3. The van der Waals surface area contributed by atoms with E-state index in [4.69, 9.17) is 0 Å². The van der Waals surface area contributed by atoms with Gasteiger partial charge in [-0.25, -0.2) is 9.97 Å². The Kier molecular flexibility index (Phi) is 3.69. The Bertz CT molecular complexity index is 514. The SMILES string of the molecule is Cc1nc(-c2csc(CN3CCNCC3)n2)cs1. The Morgan fingerprint density at radius 2 is 1.89 bits per heavy atom. The zero-order chi connectivity index (χ0) is 12.4. The highest BCUT2D eigenvalue weighted by molar-refractivity contribution is 7.10. The molecule has 0 bridgehead atoms. The summed E-state index contributed by atoms with van der Waals surface area (Å²) in [5.41, 5.74) is 2.04. The van der Waals surface area contributed by atoms with Crippen molar-refractivity contribution in [3.8, 4) is 11.4 Å². The molecular formula is C12H16N4S2. The Balaban J connectivity index is 1.69. The Hall–Kier alpha value is -0.820. The zero-order valence-corrected chi connectivity index (χ0v) is 12.0. The molecule has 0 aromatic carbocycles. The van der Waals surface area contributed by atoms with E-state index in [1.54, 1.807) is 22.7 Å². The molecule has 2 aromatic rings. The van der Waals surface area contributed by atoms with E-state index in [9.17, 15) is 0 Å². The molecule has 0 radical (unpaired) electrons. The van der Waals surface area contributed by atoms with Gasteiger partial charge in [0.05, 0.1) is 11.6 Å². The molecule has 1 fully saturated rings. The summed E-state index contributed by atoms with van der Waals surface area (Å²) >= 11 is 3.42. The number of thiazole rings is 2. The fraction of sp³-hybridized carbons (Fsp3) is 0.500. The second-order valence-corrected chi connectivity index (χ2v) is 6.41. The third-order valence-electron chi connectivity index (χ3n) is 3.00. The molecule has 6 heteroatoms. The number of aromatic nitrogens is 2. The van der Waals surface area contributed by atoms with Crippen LogP contribution in [-0.4, -0.2) is 41.0 Å². The topological polar surface area (TPSA) is 41.1 Å². The molecule has 0 saturated carbocycles. The lowest BCUT2D eigenvalue weighted by Gasteiger charge is -2.26. The number of nitrogens with one attached hydrogen (secondary N) is 1. The van der Waals surface area contributed by atoms with Gasteiger partial charge in [0.1, 0.15) is 16.4 Å². The maximum absolute atomic E-state index is 4.69. The highest BCUT2D eigenvalue weighted by atomic mass is 32.1. The lowest BCUT2D eigenvalue weighted by atomic mass is 10.3. The second kappa shape index (κ2) is 5.44. The summed E-state index contributed by atoms with van der Waals surface area (Å²) in [5, 5.41) is 9.86. The first kappa shape index (κ1) is 12.2. The summed E-state index contributed by atoms with van der Waals surface area (Å²) in [4.78, 5) is 11.6. The molecule has 3 rings (SSSR count). The van der Waals surface area contributed by atoms with E-state index in [-0.39, 0.29) is 0 Å². The first-order chi connectivity index (χ1) is 8.81. The number of nitrogens with zero attached hydrogens (tertiary/aromatic N) is 3. The minimum absolute atomic E-state index is 0.968. The number of rotatable bonds is 3. The van der Waals surface area contributed by atoms with Crippen LogP contribution < -0.4 is 5.32 Å². The minimum Gasteiger partial charge on any atom is -0.314 e. The molecule has 1 saturated heterocycles. The van der Waals surface area contributed by atoms with Crippen LogP contribution in [0.4, 0.5) is 0 Å². The maximum Gasteiger partial charge on any atom is 0.107 e. The highest BCUT2D eigenvalue weighted by Crippen LogP contribution is 2.24. The normalized spacial score (nSPS) is 17.2. The zero-order valence-electron chi connectivity index (χ0n) is 10.3. The summed E-state index contributed by atoms with van der Waals surface area (Å²) in [7, 11) is 0. The Labute approximate surface area is 115 Å². The van der Waals surface area contributed by atoms with Gasteiger partial charge in [-0.15, -0.1) is 22.7 Å². The molecule has 1 aliphatic rings. The summed E-state index contributed by atoms with van der Waals surface area (Å²) < 4.78 is 0. The van der Waals surface area contributed by atoms with E-state index >= 15 is 0 Å². The van der Waals surface area contributed by atoms with Crippen LogP contribution in [0.25, 0.3) is 11.4 Å². The van der Waals surface area contributed by atoms with Crippen LogP contribution in [0.3, 0.4) is 0 Å². The Morgan fingerprint density at radius 1 is 1.17 bits per heavy atom. The van der Waals surface area contributed by atoms with Crippen molar-refractivity contribution >= 4 is 22.7 Å². The van der Waals surface area contributed by atoms with Crippen LogP contribution in [-0.2, 0) is 6.54 Å². The lowest BCUT2D eigenvalue weighted by Crippen LogP contribution is -2.42. The molecule has 96 valence electrons. The van der Waals surface area contributed by atoms with Gasteiger partial charge in [-0.2, -0.15) is 0 Å². The van der Waals surface area contributed by atoms with Gasteiger partial charge in [0.2, 0.25) is 0 Å². The van der Waals surface area contributed by atoms with Crippen LogP contribution in [0.1, 0.15) is 10.0 Å². The van der Waals surface area contributed by atoms with Crippen LogP contribution in [0.5, 0.6) is 0 Å². The molecule has 0 amide bonds. The molecule has 1 aliphatic heterocycles. The van der Waals surface area contributed by atoms with E-state index in [2.05, 4.69) is 30.9 Å². The van der Waals surface area contributed by atoms with E-state index < -0.39 is 0 Å². The van der Waals surface area contributed by atoms with Crippen molar-refractivity contribution in [3.63, 3.8) is 0 Å². The third kappa shape index (κ3) is 2.77. The van der Waals surface area contributed by atoms with Gasteiger partial charge in [-0.3, -0.25) is 4.90 Å². The average Bonchev–Trinajstić information content (AvgIpc) is 2.99. The average molecular weight is 280 g/mol. The van der Waals surface area contributed by atoms with Crippen molar-refractivity contribution in [3.05, 3.63) is 20.8 Å². The maximum atomic E-state index is 4.69. The molecular weight excluding hydrogens is 264 g/mol. The molecule has 0 spiro atoms. The third-order valence-corrected chi connectivity index (χ3v) is 4.61. The lowest BCUT2D eigenvalue weighted by molar-refractivity contribution is 0.233. The summed E-state index contributed by atoms with van der Waals surface area (Å²) in [6.45, 7) is 7.40. The number of hydrogen-bond donors (Lipinski definition) is 1. The van der Waals surface area contributed by atoms with Gasteiger partial charge in [-0.05, 0) is 6.92 Å². The minimum atomic E-state index is 0.968. The van der Waals surface area contributed by atoms with Gasteiger partial charge in [-0.1, -0.05) is 0 Å². The van der Waals surface area contributed by atoms with E-state index in [0.717, 1.165) is 49.1 Å². The molecule has 2 aromatic heterocycles. The molecule has 1 N–H and O–H groups in total. The first-order valence-electron chi connectivity index (χ1n) is 6.11. The molecule has 0 unspecified atom stereocenters. The van der Waals surface area contributed by atoms with Crippen LogP contribution in [0.15, 0.2) is 10.8 Å². The van der Waals surface area contributed by atoms with Gasteiger partial charge >= 0.3 is 0 Å². The largest absolute Gasteiger partial charge is 0.314 e. The molecule has 0 atom stereocenters. The highest BCUT2D eigenvalue weighted by Gasteiger charge is 2.13. The second-order valence-electron chi connectivity index (χ2n) is 4.40. The van der Waals surface area contributed by atoms with Crippen molar-refractivity contribution in [2.24, 2.45) is 0 Å². The summed E-state index contributed by atoms with van der Waals surface area (Å²) in [6, 6.07) is 0. The van der Waals surface area contributed by atoms with Crippen molar-refractivity contribution in [1.29, 1.82) is 0 Å². The van der Waals surface area contributed by atoms with Crippen LogP contribution in [0, 0.1) is 6.92 Å². The molecule has 0 aliphatic carbocycles. The summed E-state index contributed by atoms with van der Waals surface area (Å²) in [5.74, 6) is 0. The number of piperazine rings is 1. The number of aryl methyl sites for hydroxylation is 1. The van der Waals surface area contributed by atoms with E-state index in [1.165, 1.54) is 5.01 Å². The molecule has 4 nitrogen and oxygen atoms in total. The van der Waals surface area contributed by atoms with Gasteiger partial charge in [0, 0.05) is 36.9 Å². The van der Waals surface area contributed by atoms with Gasteiger partial charge in [0.15, 0.2) is 0 Å². The monoisotopic (exact) mass is 280 g/mol. The smallest absolute Gasteiger partial charge is 0.107 e. The predicted octanol–water partition coefficient (Wildman–Crippen LogP) is 1.98.